The average molecular weight is 355 g/mol. The van der Waals surface area contributed by atoms with E-state index in [1.807, 2.05) is 13.8 Å². The molecule has 1 fully saturated rings. The second-order valence-corrected chi connectivity index (χ2v) is 7.28. The van der Waals surface area contributed by atoms with E-state index >= 15 is 0 Å². The van der Waals surface area contributed by atoms with Crippen molar-refractivity contribution in [2.75, 3.05) is 19.8 Å². The molecule has 2 heterocycles. The van der Waals surface area contributed by atoms with Crippen LogP contribution in [0.15, 0.2) is 12.1 Å². The van der Waals surface area contributed by atoms with Crippen LogP contribution in [0.5, 0.6) is 11.5 Å². The first kappa shape index (κ1) is 18.4. The molecule has 8 heteroatoms. The topological polar surface area (TPSA) is 134 Å². The lowest BCUT2D eigenvalue weighted by Gasteiger charge is -2.57. The van der Waals surface area contributed by atoms with E-state index in [1.165, 1.54) is 12.1 Å². The first-order valence-electron chi connectivity index (χ1n) is 8.27. The Labute approximate surface area is 145 Å². The monoisotopic (exact) mass is 355 g/mol. The molecule has 1 aromatic rings. The number of hydrogen-bond acceptors (Lipinski definition) is 8. The SMILES string of the molecule is CC1(C)c2cc(O)c(O)cc2CCN1[C@]1(CO)OC[C@@H](O)[C@@H](O)[C@H]1O. The van der Waals surface area contributed by atoms with Crippen LogP contribution in [0.25, 0.3) is 0 Å². The molecule has 3 rings (SSSR count). The van der Waals surface area contributed by atoms with E-state index in [0.29, 0.717) is 13.0 Å². The Morgan fingerprint density at radius 3 is 2.44 bits per heavy atom. The van der Waals surface area contributed by atoms with Gasteiger partial charge in [0.1, 0.15) is 18.3 Å². The Morgan fingerprint density at radius 1 is 1.16 bits per heavy atom. The minimum absolute atomic E-state index is 0.202. The van der Waals surface area contributed by atoms with Crippen molar-refractivity contribution in [3.05, 3.63) is 23.3 Å². The highest BCUT2D eigenvalue weighted by atomic mass is 16.6. The Kier molecular flexibility index (Phi) is 4.47. The lowest BCUT2D eigenvalue weighted by molar-refractivity contribution is -0.317. The maximum Gasteiger partial charge on any atom is 0.174 e. The van der Waals surface area contributed by atoms with Crippen LogP contribution in [0.4, 0.5) is 0 Å². The van der Waals surface area contributed by atoms with Crippen molar-refractivity contribution in [1.82, 2.24) is 4.90 Å². The van der Waals surface area contributed by atoms with Gasteiger partial charge < -0.3 is 35.4 Å². The predicted molar refractivity (Wildman–Crippen MR) is 87.0 cm³/mol. The van der Waals surface area contributed by atoms with E-state index in [0.717, 1.165) is 11.1 Å². The number of fused-ring (bicyclic) bond motifs is 1. The molecule has 25 heavy (non-hydrogen) atoms. The summed E-state index contributed by atoms with van der Waals surface area (Å²) in [6.45, 7) is 3.25. The molecule has 1 saturated heterocycles. The zero-order valence-corrected chi connectivity index (χ0v) is 14.3. The summed E-state index contributed by atoms with van der Waals surface area (Å²) in [4.78, 5) is 1.73. The minimum atomic E-state index is -1.59. The first-order chi connectivity index (χ1) is 11.6. The van der Waals surface area contributed by atoms with Gasteiger partial charge in [0, 0.05) is 12.1 Å². The molecule has 1 aromatic carbocycles. The van der Waals surface area contributed by atoms with Crippen molar-refractivity contribution >= 4 is 0 Å². The third kappa shape index (κ3) is 2.61. The number of aromatic hydroxyl groups is 2. The van der Waals surface area contributed by atoms with Crippen LogP contribution in [0, 0.1) is 0 Å². The zero-order chi connectivity index (χ0) is 18.6. The van der Waals surface area contributed by atoms with Crippen molar-refractivity contribution in [1.29, 1.82) is 0 Å². The molecule has 0 radical (unpaired) electrons. The Hall–Kier alpha value is -1.42. The highest BCUT2D eigenvalue weighted by molar-refractivity contribution is 5.49. The molecular weight excluding hydrogens is 330 g/mol. The van der Waals surface area contributed by atoms with Gasteiger partial charge in [0.2, 0.25) is 0 Å². The summed E-state index contributed by atoms with van der Waals surface area (Å²) < 4.78 is 5.66. The van der Waals surface area contributed by atoms with E-state index < -0.39 is 36.2 Å². The summed E-state index contributed by atoms with van der Waals surface area (Å²) in [6, 6.07) is 2.97. The third-order valence-corrected chi connectivity index (χ3v) is 5.51. The molecule has 0 spiro atoms. The fourth-order valence-electron chi connectivity index (χ4n) is 4.07. The predicted octanol–water partition coefficient (Wildman–Crippen LogP) is -1.01. The molecule has 4 atom stereocenters. The standard InChI is InChI=1S/C17H25NO7/c1-16(2)10-6-12(21)11(20)5-9(10)3-4-18(16)17(8-19)15(24)14(23)13(22)7-25-17/h5-6,13-15,19-24H,3-4,7-8H2,1-2H3/t13-,14-,15-,17-/m1/s1. The summed E-state index contributed by atoms with van der Waals surface area (Å²) in [6.07, 6.45) is -3.72. The van der Waals surface area contributed by atoms with Crippen molar-refractivity contribution in [3.8, 4) is 11.5 Å². The summed E-state index contributed by atoms with van der Waals surface area (Å²) in [5.41, 5.74) is -0.813. The van der Waals surface area contributed by atoms with Crippen molar-refractivity contribution in [3.63, 3.8) is 0 Å². The van der Waals surface area contributed by atoms with Crippen LogP contribution >= 0.6 is 0 Å². The normalized spacial score (nSPS) is 35.4. The maximum atomic E-state index is 10.6. The summed E-state index contributed by atoms with van der Waals surface area (Å²) in [5, 5.41) is 60.1. The molecule has 2 aliphatic rings. The van der Waals surface area contributed by atoms with E-state index in [-0.39, 0.29) is 18.1 Å². The molecular formula is C17H25NO7. The van der Waals surface area contributed by atoms with E-state index in [1.54, 1.807) is 4.90 Å². The van der Waals surface area contributed by atoms with Gasteiger partial charge in [0.15, 0.2) is 17.2 Å². The van der Waals surface area contributed by atoms with Crippen LogP contribution in [0.1, 0.15) is 25.0 Å². The van der Waals surface area contributed by atoms with E-state index in [2.05, 4.69) is 0 Å². The number of ether oxygens (including phenoxy) is 1. The van der Waals surface area contributed by atoms with Crippen LogP contribution in [-0.4, -0.2) is 79.3 Å². The molecule has 0 saturated carbocycles. The van der Waals surface area contributed by atoms with Gasteiger partial charge in [-0.3, -0.25) is 4.90 Å². The number of aliphatic hydroxyl groups excluding tert-OH is 4. The summed E-state index contributed by atoms with van der Waals surface area (Å²) in [5.74, 6) is -0.459. The fourth-order valence-corrected chi connectivity index (χ4v) is 4.07. The zero-order valence-electron chi connectivity index (χ0n) is 14.3. The number of hydrogen-bond donors (Lipinski definition) is 6. The Balaban J connectivity index is 2.06. The highest BCUT2D eigenvalue weighted by Gasteiger charge is 2.57. The summed E-state index contributed by atoms with van der Waals surface area (Å²) >= 11 is 0. The maximum absolute atomic E-state index is 10.6. The van der Waals surface area contributed by atoms with Gasteiger partial charge >= 0.3 is 0 Å². The Bertz CT molecular complexity index is 665. The van der Waals surface area contributed by atoms with Gasteiger partial charge in [-0.15, -0.1) is 0 Å². The quantitative estimate of drug-likeness (QED) is 0.372. The molecule has 6 N–H and O–H groups in total. The van der Waals surface area contributed by atoms with Crippen LogP contribution in [-0.2, 0) is 16.7 Å². The molecule has 0 aliphatic carbocycles. The smallest absolute Gasteiger partial charge is 0.174 e. The fraction of sp³-hybridized carbons (Fsp3) is 0.647. The summed E-state index contributed by atoms with van der Waals surface area (Å²) in [7, 11) is 0. The van der Waals surface area contributed by atoms with E-state index in [4.69, 9.17) is 4.74 Å². The van der Waals surface area contributed by atoms with Gasteiger partial charge in [0.05, 0.1) is 13.2 Å². The number of phenols is 2. The van der Waals surface area contributed by atoms with Crippen LogP contribution in [0.2, 0.25) is 0 Å². The van der Waals surface area contributed by atoms with Crippen molar-refractivity contribution in [2.24, 2.45) is 0 Å². The van der Waals surface area contributed by atoms with E-state index in [9.17, 15) is 30.6 Å². The second kappa shape index (κ2) is 6.08. The number of nitrogens with zero attached hydrogens (tertiary/aromatic N) is 1. The van der Waals surface area contributed by atoms with Gasteiger partial charge in [-0.25, -0.2) is 0 Å². The third-order valence-electron chi connectivity index (χ3n) is 5.51. The molecule has 8 nitrogen and oxygen atoms in total. The molecule has 0 bridgehead atoms. The highest BCUT2D eigenvalue weighted by Crippen LogP contribution is 2.45. The van der Waals surface area contributed by atoms with Gasteiger partial charge in [-0.05, 0) is 43.5 Å². The van der Waals surface area contributed by atoms with Crippen LogP contribution in [0.3, 0.4) is 0 Å². The first-order valence-corrected chi connectivity index (χ1v) is 8.27. The number of phenolic OH excluding ortho intramolecular Hbond substituents is 2. The van der Waals surface area contributed by atoms with Gasteiger partial charge in [-0.1, -0.05) is 0 Å². The van der Waals surface area contributed by atoms with Crippen molar-refractivity contribution in [2.45, 2.75) is 49.8 Å². The molecule has 0 amide bonds. The molecule has 0 aromatic heterocycles. The average Bonchev–Trinajstić information content (AvgIpc) is 2.56. The molecule has 2 aliphatic heterocycles. The Morgan fingerprint density at radius 2 is 1.80 bits per heavy atom. The largest absolute Gasteiger partial charge is 0.504 e. The lowest BCUT2D eigenvalue weighted by Crippen LogP contribution is -2.73. The van der Waals surface area contributed by atoms with Gasteiger partial charge in [-0.2, -0.15) is 0 Å². The number of aliphatic hydroxyl groups is 4. The minimum Gasteiger partial charge on any atom is -0.504 e. The lowest BCUT2D eigenvalue weighted by atomic mass is 9.79. The van der Waals surface area contributed by atoms with Crippen molar-refractivity contribution < 1.29 is 35.4 Å². The number of benzene rings is 1. The van der Waals surface area contributed by atoms with Crippen LogP contribution < -0.4 is 0 Å². The number of rotatable bonds is 2. The molecule has 0 unspecified atom stereocenters. The van der Waals surface area contributed by atoms with Gasteiger partial charge in [0.25, 0.3) is 0 Å². The molecule has 140 valence electrons. The second-order valence-electron chi connectivity index (χ2n) is 7.28.